The Morgan fingerprint density at radius 3 is 2.54 bits per heavy atom. The molecule has 3 amide bonds. The number of nitrogens with zero attached hydrogens (tertiary/aromatic N) is 2. The van der Waals surface area contributed by atoms with Gasteiger partial charge in [-0.1, -0.05) is 6.07 Å². The lowest BCUT2D eigenvalue weighted by Gasteiger charge is -2.51. The summed E-state index contributed by atoms with van der Waals surface area (Å²) in [5.74, 6) is 2.80. The maximum atomic E-state index is 13.7. The molecule has 8 nitrogen and oxygen atoms in total. The Bertz CT molecular complexity index is 1020. The Kier molecular flexibility index (Phi) is 7.91. The zero-order valence-corrected chi connectivity index (χ0v) is 22.3. The second-order valence-corrected chi connectivity index (χ2v) is 11.3. The number of hydrogen-bond donors (Lipinski definition) is 1. The van der Waals surface area contributed by atoms with Gasteiger partial charge in [0.25, 0.3) is 0 Å². The van der Waals surface area contributed by atoms with Crippen molar-refractivity contribution in [3.05, 3.63) is 23.3 Å². The molecule has 37 heavy (non-hydrogen) atoms. The van der Waals surface area contributed by atoms with Crippen LogP contribution in [0.2, 0.25) is 0 Å². The van der Waals surface area contributed by atoms with Crippen molar-refractivity contribution >= 4 is 17.7 Å². The van der Waals surface area contributed by atoms with Gasteiger partial charge in [0.05, 0.1) is 14.2 Å². The number of benzene rings is 1. The number of hydrogen-bond acceptors (Lipinski definition) is 5. The topological polar surface area (TPSA) is 88.2 Å². The molecule has 4 aliphatic rings. The molecule has 1 N–H and O–H groups in total. The molecule has 2 saturated heterocycles. The molecule has 3 aliphatic heterocycles. The Morgan fingerprint density at radius 1 is 0.946 bits per heavy atom. The quantitative estimate of drug-likeness (QED) is 0.674. The number of likely N-dealkylation sites (tertiary alicyclic amines) is 1. The highest BCUT2D eigenvalue weighted by Crippen LogP contribution is 2.39. The third-order valence-corrected chi connectivity index (χ3v) is 8.62. The third-order valence-electron chi connectivity index (χ3n) is 8.62. The molecule has 0 aromatic heterocycles. The molecular formula is C29H41N3O5. The normalized spacial score (nSPS) is 27.2. The maximum absolute atomic E-state index is 13.7. The minimum Gasteiger partial charge on any atom is -0.493 e. The zero-order valence-electron chi connectivity index (χ0n) is 22.3. The lowest BCUT2D eigenvalue weighted by molar-refractivity contribution is -0.146. The van der Waals surface area contributed by atoms with Gasteiger partial charge in [-0.05, 0) is 80.4 Å². The lowest BCUT2D eigenvalue weighted by atomic mass is 9.77. The predicted molar refractivity (Wildman–Crippen MR) is 139 cm³/mol. The summed E-state index contributed by atoms with van der Waals surface area (Å²) >= 11 is 0. The zero-order chi connectivity index (χ0) is 25.9. The van der Waals surface area contributed by atoms with Crippen LogP contribution in [0.3, 0.4) is 0 Å². The summed E-state index contributed by atoms with van der Waals surface area (Å²) in [5, 5.41) is 3.06. The van der Waals surface area contributed by atoms with Gasteiger partial charge < -0.3 is 24.6 Å². The van der Waals surface area contributed by atoms with Crippen molar-refractivity contribution < 1.29 is 23.9 Å². The minimum atomic E-state index is 0.0612. The first-order valence-electron chi connectivity index (χ1n) is 14.1. The summed E-state index contributed by atoms with van der Waals surface area (Å²) in [5.41, 5.74) is 2.10. The van der Waals surface area contributed by atoms with Crippen molar-refractivity contribution in [1.29, 1.82) is 0 Å². The highest BCUT2D eigenvalue weighted by atomic mass is 16.5. The third kappa shape index (κ3) is 5.88. The molecular weight excluding hydrogens is 470 g/mol. The SMILES string of the molecule is COc1cc2cc(c1OC)CCCNC(=O)CCC[C@H]1[C@H]3C[C@@H](CN(C(=O)C4CC4)C3)CN1C(=O)CC2. The number of rotatable bonds is 3. The van der Waals surface area contributed by atoms with Gasteiger partial charge in [0.1, 0.15) is 0 Å². The fourth-order valence-corrected chi connectivity index (χ4v) is 6.67. The number of piperidine rings is 2. The first kappa shape index (κ1) is 25.9. The number of aryl methyl sites for hydroxylation is 2. The van der Waals surface area contributed by atoms with Crippen LogP contribution in [0.25, 0.3) is 0 Å². The van der Waals surface area contributed by atoms with Crippen LogP contribution in [0.1, 0.15) is 62.5 Å². The van der Waals surface area contributed by atoms with Crippen LogP contribution in [0, 0.1) is 17.8 Å². The van der Waals surface area contributed by atoms with E-state index in [9.17, 15) is 14.4 Å². The van der Waals surface area contributed by atoms with Crippen molar-refractivity contribution in [3.63, 3.8) is 0 Å². The van der Waals surface area contributed by atoms with Crippen LogP contribution in [-0.4, -0.2) is 74.0 Å². The van der Waals surface area contributed by atoms with Gasteiger partial charge >= 0.3 is 0 Å². The first-order valence-corrected chi connectivity index (χ1v) is 14.1. The van der Waals surface area contributed by atoms with E-state index < -0.39 is 0 Å². The van der Waals surface area contributed by atoms with Crippen molar-refractivity contribution in [2.75, 3.05) is 40.4 Å². The second-order valence-electron chi connectivity index (χ2n) is 11.3. The molecule has 3 atom stereocenters. The molecule has 1 aliphatic carbocycles. The van der Waals surface area contributed by atoms with Gasteiger partial charge in [0.15, 0.2) is 11.5 Å². The van der Waals surface area contributed by atoms with E-state index in [1.54, 1.807) is 14.2 Å². The standard InChI is InChI=1S/C29H41N3O5/c1-36-25-15-19-8-11-27(34)32-17-20-14-23(18-31(16-20)29(35)21-9-10-21)24(32)6-3-7-26(33)30-12-4-5-22(13-19)28(25)37-2/h13,15,20-21,23-24H,3-12,14,16-18H2,1-2H3,(H,30,33)/t20-,23-,24-/m0/s1. The molecule has 4 bridgehead atoms. The molecule has 8 heteroatoms. The molecule has 1 aromatic carbocycles. The largest absolute Gasteiger partial charge is 0.493 e. The van der Waals surface area contributed by atoms with Crippen LogP contribution in [0.5, 0.6) is 11.5 Å². The molecule has 0 radical (unpaired) electrons. The Morgan fingerprint density at radius 2 is 1.78 bits per heavy atom. The fourth-order valence-electron chi connectivity index (χ4n) is 6.67. The van der Waals surface area contributed by atoms with Crippen molar-refractivity contribution in [2.45, 2.75) is 70.3 Å². The molecule has 3 heterocycles. The molecule has 3 fully saturated rings. The van der Waals surface area contributed by atoms with E-state index in [-0.39, 0.29) is 29.7 Å². The number of carbonyl (C=O) groups excluding carboxylic acids is 3. The second kappa shape index (κ2) is 11.3. The van der Waals surface area contributed by atoms with Crippen molar-refractivity contribution in [2.24, 2.45) is 17.8 Å². The number of nitrogens with one attached hydrogen (secondary N) is 1. The molecule has 0 spiro atoms. The van der Waals surface area contributed by atoms with Crippen LogP contribution >= 0.6 is 0 Å². The highest BCUT2D eigenvalue weighted by molar-refractivity contribution is 5.81. The van der Waals surface area contributed by atoms with Crippen LogP contribution in [0.4, 0.5) is 0 Å². The Balaban J connectivity index is 1.37. The summed E-state index contributed by atoms with van der Waals surface area (Å²) in [6, 6.07) is 4.18. The monoisotopic (exact) mass is 511 g/mol. The fraction of sp³-hybridized carbons (Fsp3) is 0.690. The number of fused-ring (bicyclic) bond motifs is 6. The van der Waals surface area contributed by atoms with Crippen LogP contribution in [0.15, 0.2) is 12.1 Å². The van der Waals surface area contributed by atoms with Gasteiger partial charge in [-0.15, -0.1) is 0 Å². The maximum Gasteiger partial charge on any atom is 0.225 e. The van der Waals surface area contributed by atoms with E-state index >= 15 is 0 Å². The molecule has 1 saturated carbocycles. The number of ether oxygens (including phenoxy) is 2. The summed E-state index contributed by atoms with van der Waals surface area (Å²) in [6.45, 7) is 2.83. The first-order chi connectivity index (χ1) is 18.0. The molecule has 202 valence electrons. The van der Waals surface area contributed by atoms with Gasteiger partial charge in [-0.3, -0.25) is 14.4 Å². The van der Waals surface area contributed by atoms with E-state index in [0.717, 1.165) is 74.9 Å². The molecule has 1 aromatic rings. The highest BCUT2D eigenvalue weighted by Gasteiger charge is 2.45. The Labute approximate surface area is 220 Å². The average Bonchev–Trinajstić information content (AvgIpc) is 3.75. The predicted octanol–water partition coefficient (Wildman–Crippen LogP) is 2.95. The van der Waals surface area contributed by atoms with Gasteiger partial charge in [-0.2, -0.15) is 0 Å². The minimum absolute atomic E-state index is 0.0612. The van der Waals surface area contributed by atoms with Crippen LogP contribution < -0.4 is 14.8 Å². The Hall–Kier alpha value is -2.77. The van der Waals surface area contributed by atoms with E-state index in [1.807, 2.05) is 6.07 Å². The van der Waals surface area contributed by atoms with E-state index in [1.165, 1.54) is 0 Å². The molecule has 0 unspecified atom stereocenters. The van der Waals surface area contributed by atoms with Gasteiger partial charge in [0, 0.05) is 51.0 Å². The summed E-state index contributed by atoms with van der Waals surface area (Å²) in [4.78, 5) is 43.2. The smallest absolute Gasteiger partial charge is 0.225 e. The van der Waals surface area contributed by atoms with E-state index in [2.05, 4.69) is 21.2 Å². The van der Waals surface area contributed by atoms with Gasteiger partial charge in [0.2, 0.25) is 17.7 Å². The van der Waals surface area contributed by atoms with Crippen molar-refractivity contribution in [3.8, 4) is 11.5 Å². The number of amides is 3. The lowest BCUT2D eigenvalue weighted by Crippen LogP contribution is -2.60. The number of carbonyl (C=O) groups is 3. The van der Waals surface area contributed by atoms with Gasteiger partial charge in [-0.25, -0.2) is 0 Å². The summed E-state index contributed by atoms with van der Waals surface area (Å²) < 4.78 is 11.2. The van der Waals surface area contributed by atoms with Crippen molar-refractivity contribution in [1.82, 2.24) is 15.1 Å². The van der Waals surface area contributed by atoms with Crippen LogP contribution in [-0.2, 0) is 27.2 Å². The van der Waals surface area contributed by atoms with E-state index in [0.29, 0.717) is 49.9 Å². The van der Waals surface area contributed by atoms with E-state index in [4.69, 9.17) is 9.47 Å². The number of methoxy groups -OCH3 is 2. The average molecular weight is 512 g/mol. The summed E-state index contributed by atoms with van der Waals surface area (Å²) in [6.07, 6.45) is 7.78. The molecule has 5 rings (SSSR count). The summed E-state index contributed by atoms with van der Waals surface area (Å²) in [7, 11) is 3.28.